The van der Waals surface area contributed by atoms with Crippen molar-refractivity contribution >= 4 is 34.0 Å². The minimum absolute atomic E-state index is 0.173. The van der Waals surface area contributed by atoms with E-state index in [9.17, 15) is 9.59 Å². The maximum absolute atomic E-state index is 12.1. The number of thiazole rings is 1. The normalized spacial score (nSPS) is 14.2. The van der Waals surface area contributed by atoms with Gasteiger partial charge in [-0.2, -0.15) is 5.10 Å². The van der Waals surface area contributed by atoms with Gasteiger partial charge in [0.1, 0.15) is 5.71 Å². The molecule has 0 fully saturated rings. The van der Waals surface area contributed by atoms with Gasteiger partial charge in [-0.05, 0) is 31.0 Å². The van der Waals surface area contributed by atoms with E-state index in [0.717, 1.165) is 11.3 Å². The van der Waals surface area contributed by atoms with Crippen molar-refractivity contribution in [2.24, 2.45) is 5.10 Å². The number of aryl methyl sites for hydroxylation is 2. The molecular formula is C16H16N4O2S. The van der Waals surface area contributed by atoms with E-state index in [0.29, 0.717) is 17.3 Å². The lowest BCUT2D eigenvalue weighted by molar-refractivity contribution is -0.121. The zero-order valence-electron chi connectivity index (χ0n) is 12.8. The van der Waals surface area contributed by atoms with Crippen LogP contribution in [0.25, 0.3) is 11.3 Å². The molecule has 1 aromatic carbocycles. The molecule has 1 aliphatic rings. The zero-order chi connectivity index (χ0) is 16.4. The fourth-order valence-electron chi connectivity index (χ4n) is 2.17. The molecule has 0 radical (unpaired) electrons. The van der Waals surface area contributed by atoms with Crippen LogP contribution in [0.5, 0.6) is 0 Å². The van der Waals surface area contributed by atoms with Gasteiger partial charge < -0.3 is 0 Å². The lowest BCUT2D eigenvalue weighted by atomic mass is 10.1. The maximum Gasteiger partial charge on any atom is 0.273 e. The number of hydrazone groups is 1. The van der Waals surface area contributed by atoms with Gasteiger partial charge in [0.2, 0.25) is 5.91 Å². The first-order chi connectivity index (χ1) is 11.0. The highest BCUT2D eigenvalue weighted by atomic mass is 32.1. The Labute approximate surface area is 137 Å². The number of nitrogens with one attached hydrogen (secondary N) is 2. The summed E-state index contributed by atoms with van der Waals surface area (Å²) in [6.07, 6.45) is 0.616. The molecule has 2 heterocycles. The van der Waals surface area contributed by atoms with Crippen LogP contribution in [-0.2, 0) is 9.59 Å². The van der Waals surface area contributed by atoms with Crippen LogP contribution in [0.2, 0.25) is 0 Å². The molecule has 1 aliphatic heterocycles. The first-order valence-electron chi connectivity index (χ1n) is 7.23. The molecule has 2 aromatic rings. The highest BCUT2D eigenvalue weighted by Crippen LogP contribution is 2.26. The maximum atomic E-state index is 12.1. The van der Waals surface area contributed by atoms with Gasteiger partial charge in [-0.1, -0.05) is 12.1 Å². The summed E-state index contributed by atoms with van der Waals surface area (Å²) in [6.45, 7) is 4.12. The molecule has 1 aromatic heterocycles. The fourth-order valence-corrected chi connectivity index (χ4v) is 2.89. The number of aromatic nitrogens is 1. The van der Waals surface area contributed by atoms with Crippen LogP contribution in [0.15, 0.2) is 28.7 Å². The third kappa shape index (κ3) is 3.45. The van der Waals surface area contributed by atoms with Gasteiger partial charge >= 0.3 is 0 Å². The predicted octanol–water partition coefficient (Wildman–Crippen LogP) is 2.63. The Hall–Kier alpha value is -2.54. The van der Waals surface area contributed by atoms with E-state index in [1.54, 1.807) is 0 Å². The lowest BCUT2D eigenvalue weighted by Crippen LogP contribution is -2.32. The van der Waals surface area contributed by atoms with Crippen molar-refractivity contribution in [2.45, 2.75) is 26.7 Å². The van der Waals surface area contributed by atoms with E-state index in [-0.39, 0.29) is 18.2 Å². The molecule has 0 atom stereocenters. The third-order valence-electron chi connectivity index (χ3n) is 3.69. The molecule has 0 spiro atoms. The van der Waals surface area contributed by atoms with Crippen LogP contribution in [0.4, 0.5) is 5.13 Å². The second kappa shape index (κ2) is 6.29. The zero-order valence-corrected chi connectivity index (χ0v) is 13.7. The largest absolute Gasteiger partial charge is 0.297 e. The van der Waals surface area contributed by atoms with Gasteiger partial charge in [-0.15, -0.1) is 11.3 Å². The van der Waals surface area contributed by atoms with Crippen LogP contribution in [0.1, 0.15) is 24.0 Å². The summed E-state index contributed by atoms with van der Waals surface area (Å²) in [5.41, 5.74) is 6.91. The van der Waals surface area contributed by atoms with E-state index >= 15 is 0 Å². The molecule has 3 rings (SSSR count). The molecule has 7 heteroatoms. The van der Waals surface area contributed by atoms with Crippen LogP contribution < -0.4 is 10.7 Å². The highest BCUT2D eigenvalue weighted by Gasteiger charge is 2.19. The Balaban J connectivity index is 1.73. The number of carbonyl (C=O) groups is 2. The van der Waals surface area contributed by atoms with Gasteiger partial charge in [0.15, 0.2) is 5.13 Å². The van der Waals surface area contributed by atoms with E-state index in [4.69, 9.17) is 0 Å². The number of nitrogens with zero attached hydrogens (tertiary/aromatic N) is 2. The summed E-state index contributed by atoms with van der Waals surface area (Å²) < 4.78 is 0. The molecular weight excluding hydrogens is 312 g/mol. The average molecular weight is 328 g/mol. The second-order valence-electron chi connectivity index (χ2n) is 5.38. The highest BCUT2D eigenvalue weighted by molar-refractivity contribution is 7.14. The standard InChI is InChI=1S/C16H16N4O2S/c1-9-3-4-11(7-10(9)2)13-8-23-16(17-13)18-15(22)12-5-6-14(21)20-19-12/h3-4,7-8H,5-6H2,1-2H3,(H,20,21)(H,17,18,22). The molecule has 2 amide bonds. The van der Waals surface area contributed by atoms with Crippen molar-refractivity contribution in [3.8, 4) is 11.3 Å². The van der Waals surface area contributed by atoms with Crippen molar-refractivity contribution in [1.82, 2.24) is 10.4 Å². The summed E-state index contributed by atoms with van der Waals surface area (Å²) in [5, 5.41) is 8.93. The number of anilines is 1. The summed E-state index contributed by atoms with van der Waals surface area (Å²) in [5.74, 6) is -0.501. The van der Waals surface area contributed by atoms with Crippen molar-refractivity contribution in [3.05, 3.63) is 34.7 Å². The molecule has 0 aliphatic carbocycles. The SMILES string of the molecule is Cc1ccc(-c2csc(NC(=O)C3=NNC(=O)CC3)n2)cc1C. The third-order valence-corrected chi connectivity index (χ3v) is 4.45. The Kier molecular flexibility index (Phi) is 4.20. The molecule has 6 nitrogen and oxygen atoms in total. The molecule has 0 unspecified atom stereocenters. The van der Waals surface area contributed by atoms with Crippen molar-refractivity contribution in [2.75, 3.05) is 5.32 Å². The molecule has 0 saturated carbocycles. The van der Waals surface area contributed by atoms with Crippen LogP contribution in [-0.4, -0.2) is 22.5 Å². The van der Waals surface area contributed by atoms with Crippen LogP contribution in [0, 0.1) is 13.8 Å². The van der Waals surface area contributed by atoms with Gasteiger partial charge in [0, 0.05) is 23.8 Å². The minimum atomic E-state index is -0.328. The summed E-state index contributed by atoms with van der Waals surface area (Å²) in [7, 11) is 0. The smallest absolute Gasteiger partial charge is 0.273 e. The molecule has 2 N–H and O–H groups in total. The average Bonchev–Trinajstić information content (AvgIpc) is 2.99. The van der Waals surface area contributed by atoms with Crippen LogP contribution >= 0.6 is 11.3 Å². The number of hydrogen-bond acceptors (Lipinski definition) is 5. The minimum Gasteiger partial charge on any atom is -0.297 e. The Morgan fingerprint density at radius 3 is 2.78 bits per heavy atom. The summed E-state index contributed by atoms with van der Waals surface area (Å²) in [4.78, 5) is 27.6. The molecule has 0 saturated heterocycles. The fraction of sp³-hybridized carbons (Fsp3) is 0.250. The second-order valence-corrected chi connectivity index (χ2v) is 6.24. The van der Waals surface area contributed by atoms with Crippen LogP contribution in [0.3, 0.4) is 0 Å². The van der Waals surface area contributed by atoms with Gasteiger partial charge in [-0.3, -0.25) is 14.9 Å². The molecule has 0 bridgehead atoms. The first-order valence-corrected chi connectivity index (χ1v) is 8.11. The van der Waals surface area contributed by atoms with E-state index < -0.39 is 0 Å². The Morgan fingerprint density at radius 1 is 1.26 bits per heavy atom. The number of hydrogen-bond donors (Lipinski definition) is 2. The number of benzene rings is 1. The van der Waals surface area contributed by atoms with Gasteiger partial charge in [0.25, 0.3) is 5.91 Å². The Bertz CT molecular complexity index is 810. The summed E-state index contributed by atoms with van der Waals surface area (Å²) >= 11 is 1.36. The number of carbonyl (C=O) groups excluding carboxylic acids is 2. The van der Waals surface area contributed by atoms with Crippen molar-refractivity contribution in [1.29, 1.82) is 0 Å². The topological polar surface area (TPSA) is 83.5 Å². The molecule has 23 heavy (non-hydrogen) atoms. The number of amides is 2. The van der Waals surface area contributed by atoms with E-state index in [1.807, 2.05) is 11.4 Å². The first kappa shape index (κ1) is 15.4. The van der Waals surface area contributed by atoms with Crippen molar-refractivity contribution < 1.29 is 9.59 Å². The van der Waals surface area contributed by atoms with E-state index in [2.05, 4.69) is 46.8 Å². The van der Waals surface area contributed by atoms with E-state index in [1.165, 1.54) is 22.5 Å². The van der Waals surface area contributed by atoms with Gasteiger partial charge in [0.05, 0.1) is 5.69 Å². The lowest BCUT2D eigenvalue weighted by Gasteiger charge is -2.10. The predicted molar refractivity (Wildman–Crippen MR) is 90.5 cm³/mol. The van der Waals surface area contributed by atoms with Gasteiger partial charge in [-0.25, -0.2) is 10.4 Å². The molecule has 118 valence electrons. The van der Waals surface area contributed by atoms with Crippen molar-refractivity contribution in [3.63, 3.8) is 0 Å². The monoisotopic (exact) mass is 328 g/mol. The summed E-state index contributed by atoms with van der Waals surface area (Å²) in [6, 6.07) is 6.15. The Morgan fingerprint density at radius 2 is 2.09 bits per heavy atom. The number of rotatable bonds is 3. The quantitative estimate of drug-likeness (QED) is 0.908.